The van der Waals surface area contributed by atoms with Crippen LogP contribution in [0.4, 0.5) is 0 Å². The highest BCUT2D eigenvalue weighted by Crippen LogP contribution is 2.13. The van der Waals surface area contributed by atoms with Gasteiger partial charge in [-0.1, -0.05) is 47.2 Å². The maximum atomic E-state index is 12.5. The van der Waals surface area contributed by atoms with Crippen molar-refractivity contribution in [3.63, 3.8) is 0 Å². The lowest BCUT2D eigenvalue weighted by Gasteiger charge is -2.15. The minimum Gasteiger partial charge on any atom is -0.348 e. The average Bonchev–Trinajstić information content (AvgIpc) is 2.58. The Morgan fingerprint density at radius 1 is 1.16 bits per heavy atom. The Labute approximate surface area is 145 Å². The largest absolute Gasteiger partial charge is 0.348 e. The van der Waals surface area contributed by atoms with Crippen molar-refractivity contribution < 1.29 is 4.79 Å². The zero-order valence-corrected chi connectivity index (χ0v) is 14.5. The molecule has 1 aromatic heterocycles. The zero-order valence-electron chi connectivity index (χ0n) is 14.5. The van der Waals surface area contributed by atoms with Crippen molar-refractivity contribution in [1.29, 1.82) is 0 Å². The van der Waals surface area contributed by atoms with Gasteiger partial charge < -0.3 is 5.32 Å². The third kappa shape index (κ3) is 3.57. The highest BCUT2D eigenvalue weighted by molar-refractivity contribution is 5.80. The Balaban J connectivity index is 1.77. The van der Waals surface area contributed by atoms with Gasteiger partial charge in [-0.3, -0.25) is 9.59 Å². The molecule has 0 bridgehead atoms. The summed E-state index contributed by atoms with van der Waals surface area (Å²) in [6.45, 7) is 5.63. The third-order valence-electron chi connectivity index (χ3n) is 4.20. The van der Waals surface area contributed by atoms with Gasteiger partial charge in [0.15, 0.2) is 0 Å². The maximum Gasteiger partial charge on any atom is 0.278 e. The smallest absolute Gasteiger partial charge is 0.278 e. The second-order valence-corrected chi connectivity index (χ2v) is 6.22. The van der Waals surface area contributed by atoms with Crippen LogP contribution in [0.5, 0.6) is 0 Å². The molecule has 3 aromatic rings. The molecule has 0 spiro atoms. The van der Waals surface area contributed by atoms with Gasteiger partial charge in [0.05, 0.1) is 11.4 Å². The van der Waals surface area contributed by atoms with Gasteiger partial charge in [0, 0.05) is 0 Å². The van der Waals surface area contributed by atoms with Gasteiger partial charge in [-0.2, -0.15) is 0 Å². The number of hydrogen-bond donors (Lipinski definition) is 1. The van der Waals surface area contributed by atoms with E-state index in [0.29, 0.717) is 10.9 Å². The van der Waals surface area contributed by atoms with Crippen molar-refractivity contribution in [3.05, 3.63) is 69.5 Å². The number of nitrogens with zero attached hydrogens (tertiary/aromatic N) is 3. The molecular formula is C19H20N4O2. The van der Waals surface area contributed by atoms with Crippen LogP contribution in [0.15, 0.2) is 47.3 Å². The highest BCUT2D eigenvalue weighted by atomic mass is 16.2. The molecule has 0 aliphatic rings. The van der Waals surface area contributed by atoms with Gasteiger partial charge in [0.2, 0.25) is 5.91 Å². The first-order chi connectivity index (χ1) is 12.0. The van der Waals surface area contributed by atoms with Crippen LogP contribution in [0, 0.1) is 13.8 Å². The second kappa shape index (κ2) is 6.84. The standard InChI is InChI=1S/C19H20N4O2/c1-12-7-9-15(10-8-12)14(3)20-17(24)11-23-19(25)16-6-4-5-13(2)18(16)21-22-23/h4-10,14H,11H2,1-3H3,(H,20,24). The van der Waals surface area contributed by atoms with Gasteiger partial charge in [0.1, 0.15) is 12.1 Å². The van der Waals surface area contributed by atoms with Gasteiger partial charge in [0.25, 0.3) is 5.56 Å². The number of nitrogens with one attached hydrogen (secondary N) is 1. The van der Waals surface area contributed by atoms with Crippen LogP contribution in [-0.4, -0.2) is 20.9 Å². The summed E-state index contributed by atoms with van der Waals surface area (Å²) in [7, 11) is 0. The van der Waals surface area contributed by atoms with Crippen LogP contribution in [0.1, 0.15) is 29.7 Å². The summed E-state index contributed by atoms with van der Waals surface area (Å²) >= 11 is 0. The number of carbonyl (C=O) groups excluding carboxylic acids is 1. The van der Waals surface area contributed by atoms with Gasteiger partial charge >= 0.3 is 0 Å². The number of fused-ring (bicyclic) bond motifs is 1. The van der Waals surface area contributed by atoms with E-state index in [-0.39, 0.29) is 24.1 Å². The first-order valence-corrected chi connectivity index (χ1v) is 8.15. The van der Waals surface area contributed by atoms with Crippen molar-refractivity contribution in [2.45, 2.75) is 33.4 Å². The highest BCUT2D eigenvalue weighted by Gasteiger charge is 2.13. The summed E-state index contributed by atoms with van der Waals surface area (Å²) < 4.78 is 1.10. The van der Waals surface area contributed by atoms with E-state index in [0.717, 1.165) is 21.4 Å². The first kappa shape index (κ1) is 16.8. The molecule has 25 heavy (non-hydrogen) atoms. The van der Waals surface area contributed by atoms with E-state index in [2.05, 4.69) is 15.6 Å². The first-order valence-electron chi connectivity index (χ1n) is 8.15. The molecule has 1 N–H and O–H groups in total. The maximum absolute atomic E-state index is 12.5. The number of carbonyl (C=O) groups is 1. The van der Waals surface area contributed by atoms with E-state index in [1.54, 1.807) is 12.1 Å². The minimum atomic E-state index is -0.313. The van der Waals surface area contributed by atoms with E-state index < -0.39 is 0 Å². The molecule has 1 unspecified atom stereocenters. The normalized spacial score (nSPS) is 12.1. The van der Waals surface area contributed by atoms with Crippen molar-refractivity contribution in [1.82, 2.24) is 20.3 Å². The molecule has 6 heteroatoms. The molecule has 0 aliphatic carbocycles. The van der Waals surface area contributed by atoms with Crippen molar-refractivity contribution >= 4 is 16.8 Å². The van der Waals surface area contributed by atoms with Gasteiger partial charge in [-0.25, -0.2) is 4.68 Å². The average molecular weight is 336 g/mol. The minimum absolute atomic E-state index is 0.153. The van der Waals surface area contributed by atoms with Crippen LogP contribution in [0.2, 0.25) is 0 Å². The Bertz CT molecular complexity index is 977. The molecule has 6 nitrogen and oxygen atoms in total. The van der Waals surface area contributed by atoms with E-state index >= 15 is 0 Å². The number of rotatable bonds is 4. The molecule has 3 rings (SSSR count). The molecule has 0 saturated carbocycles. The molecule has 1 amide bonds. The lowest BCUT2D eigenvalue weighted by Crippen LogP contribution is -2.35. The summed E-state index contributed by atoms with van der Waals surface area (Å²) in [6.07, 6.45) is 0. The monoisotopic (exact) mass is 336 g/mol. The summed E-state index contributed by atoms with van der Waals surface area (Å²) in [6, 6.07) is 13.2. The fraction of sp³-hybridized carbons (Fsp3) is 0.263. The number of benzene rings is 2. The van der Waals surface area contributed by atoms with Gasteiger partial charge in [-0.15, -0.1) is 5.10 Å². The lowest BCUT2D eigenvalue weighted by molar-refractivity contribution is -0.122. The summed E-state index contributed by atoms with van der Waals surface area (Å²) in [4.78, 5) is 24.8. The Morgan fingerprint density at radius 2 is 1.88 bits per heavy atom. The molecule has 1 atom stereocenters. The van der Waals surface area contributed by atoms with Gasteiger partial charge in [-0.05, 0) is 38.0 Å². The fourth-order valence-electron chi connectivity index (χ4n) is 2.71. The summed E-state index contributed by atoms with van der Waals surface area (Å²) in [5.41, 5.74) is 3.30. The molecule has 2 aromatic carbocycles. The number of amides is 1. The molecule has 1 heterocycles. The van der Waals surface area contributed by atoms with Crippen LogP contribution in [0.25, 0.3) is 10.9 Å². The van der Waals surface area contributed by atoms with Crippen LogP contribution >= 0.6 is 0 Å². The zero-order chi connectivity index (χ0) is 18.0. The van der Waals surface area contributed by atoms with Crippen molar-refractivity contribution in [3.8, 4) is 0 Å². The van der Waals surface area contributed by atoms with E-state index in [1.807, 2.05) is 51.1 Å². The molecule has 0 saturated heterocycles. The lowest BCUT2D eigenvalue weighted by atomic mass is 10.1. The summed E-state index contributed by atoms with van der Waals surface area (Å²) in [5, 5.41) is 11.3. The number of hydrogen-bond acceptors (Lipinski definition) is 4. The molecule has 128 valence electrons. The predicted molar refractivity (Wildman–Crippen MR) is 96.3 cm³/mol. The molecule has 0 aliphatic heterocycles. The number of aryl methyl sites for hydroxylation is 2. The van der Waals surface area contributed by atoms with Crippen LogP contribution in [-0.2, 0) is 11.3 Å². The predicted octanol–water partition coefficient (Wildman–Crippen LogP) is 2.29. The third-order valence-corrected chi connectivity index (χ3v) is 4.20. The van der Waals surface area contributed by atoms with Crippen LogP contribution in [0.3, 0.4) is 0 Å². The Hall–Kier alpha value is -3.02. The quantitative estimate of drug-likeness (QED) is 0.793. The fourth-order valence-corrected chi connectivity index (χ4v) is 2.71. The Morgan fingerprint density at radius 3 is 2.60 bits per heavy atom. The molecular weight excluding hydrogens is 316 g/mol. The second-order valence-electron chi connectivity index (χ2n) is 6.22. The van der Waals surface area contributed by atoms with E-state index in [9.17, 15) is 9.59 Å². The molecule has 0 radical (unpaired) electrons. The SMILES string of the molecule is Cc1ccc(C(C)NC(=O)Cn2nnc3c(C)cccc3c2=O)cc1. The number of aromatic nitrogens is 3. The van der Waals surface area contributed by atoms with Crippen molar-refractivity contribution in [2.75, 3.05) is 0 Å². The molecule has 0 fully saturated rings. The summed E-state index contributed by atoms with van der Waals surface area (Å²) in [5.74, 6) is -0.281. The van der Waals surface area contributed by atoms with E-state index in [4.69, 9.17) is 0 Å². The van der Waals surface area contributed by atoms with Crippen LogP contribution < -0.4 is 10.9 Å². The Kier molecular flexibility index (Phi) is 4.61. The van der Waals surface area contributed by atoms with Crippen molar-refractivity contribution in [2.24, 2.45) is 0 Å². The topological polar surface area (TPSA) is 76.9 Å². The van der Waals surface area contributed by atoms with E-state index in [1.165, 1.54) is 0 Å².